The van der Waals surface area contributed by atoms with Gasteiger partial charge in [0.1, 0.15) is 5.75 Å². The maximum atomic E-state index is 5.36. The minimum Gasteiger partial charge on any atom is -0.497 e. The Morgan fingerprint density at radius 3 is 2.47 bits per heavy atom. The molecule has 1 aromatic carbocycles. The van der Waals surface area contributed by atoms with Crippen LogP contribution in [-0.4, -0.2) is 26.9 Å². The van der Waals surface area contributed by atoms with Crippen molar-refractivity contribution < 1.29 is 9.47 Å². The molecular formula is C12H19NO2. The van der Waals surface area contributed by atoms with Crippen LogP contribution in [0.25, 0.3) is 0 Å². The molecule has 0 saturated carbocycles. The summed E-state index contributed by atoms with van der Waals surface area (Å²) in [6.45, 7) is 4.54. The number of methoxy groups -OCH3 is 1. The monoisotopic (exact) mass is 209 g/mol. The molecule has 0 radical (unpaired) electrons. The molecule has 1 aromatic rings. The Morgan fingerprint density at radius 1 is 1.13 bits per heavy atom. The summed E-state index contributed by atoms with van der Waals surface area (Å²) in [5.41, 5.74) is 1.09. The van der Waals surface area contributed by atoms with Gasteiger partial charge in [0, 0.05) is 18.8 Å². The second kappa shape index (κ2) is 7.12. The highest BCUT2D eigenvalue weighted by Crippen LogP contribution is 2.14. The largest absolute Gasteiger partial charge is 0.497 e. The van der Waals surface area contributed by atoms with Gasteiger partial charge in [0.15, 0.2) is 0 Å². The first-order chi connectivity index (χ1) is 7.36. The molecule has 0 bridgehead atoms. The van der Waals surface area contributed by atoms with Crippen LogP contribution in [0, 0.1) is 0 Å². The van der Waals surface area contributed by atoms with Crippen LogP contribution in [0.15, 0.2) is 24.3 Å². The van der Waals surface area contributed by atoms with Crippen LogP contribution < -0.4 is 10.1 Å². The van der Waals surface area contributed by atoms with E-state index in [1.807, 2.05) is 24.3 Å². The Labute approximate surface area is 91.4 Å². The van der Waals surface area contributed by atoms with Crippen LogP contribution in [0.5, 0.6) is 5.75 Å². The fourth-order valence-corrected chi connectivity index (χ4v) is 1.22. The van der Waals surface area contributed by atoms with Crippen LogP contribution in [0.4, 0.5) is 5.69 Å². The van der Waals surface area contributed by atoms with E-state index >= 15 is 0 Å². The number of hydrogen-bond donors (Lipinski definition) is 1. The molecule has 3 nitrogen and oxygen atoms in total. The molecule has 0 saturated heterocycles. The van der Waals surface area contributed by atoms with E-state index in [1.165, 1.54) is 0 Å². The third kappa shape index (κ3) is 4.70. The first-order valence-corrected chi connectivity index (χ1v) is 5.32. The van der Waals surface area contributed by atoms with Crippen molar-refractivity contribution in [1.82, 2.24) is 0 Å². The molecule has 0 amide bonds. The van der Waals surface area contributed by atoms with Crippen molar-refractivity contribution in [1.29, 1.82) is 0 Å². The lowest BCUT2D eigenvalue weighted by molar-refractivity contribution is 0.144. The fourth-order valence-electron chi connectivity index (χ4n) is 1.22. The molecule has 0 heterocycles. The highest BCUT2D eigenvalue weighted by molar-refractivity contribution is 5.46. The second-order valence-electron chi connectivity index (χ2n) is 3.27. The lowest BCUT2D eigenvalue weighted by atomic mass is 10.3. The molecule has 84 valence electrons. The molecule has 0 atom stereocenters. The summed E-state index contributed by atoms with van der Waals surface area (Å²) in [6, 6.07) is 7.88. The third-order valence-electron chi connectivity index (χ3n) is 2.01. The summed E-state index contributed by atoms with van der Waals surface area (Å²) >= 11 is 0. The van der Waals surface area contributed by atoms with Crippen LogP contribution >= 0.6 is 0 Å². The van der Waals surface area contributed by atoms with E-state index in [0.717, 1.165) is 37.6 Å². The van der Waals surface area contributed by atoms with Crippen molar-refractivity contribution >= 4 is 5.69 Å². The quantitative estimate of drug-likeness (QED) is 0.700. The summed E-state index contributed by atoms with van der Waals surface area (Å²) in [4.78, 5) is 0. The van der Waals surface area contributed by atoms with Crippen molar-refractivity contribution in [3.8, 4) is 5.75 Å². The topological polar surface area (TPSA) is 30.5 Å². The zero-order valence-electron chi connectivity index (χ0n) is 9.45. The van der Waals surface area contributed by atoms with Crippen LogP contribution in [0.2, 0.25) is 0 Å². The van der Waals surface area contributed by atoms with E-state index < -0.39 is 0 Å². The zero-order valence-corrected chi connectivity index (χ0v) is 9.45. The van der Waals surface area contributed by atoms with Crippen molar-refractivity contribution in [3.05, 3.63) is 24.3 Å². The number of rotatable bonds is 7. The normalized spacial score (nSPS) is 10.0. The van der Waals surface area contributed by atoms with E-state index in [0.29, 0.717) is 0 Å². The number of benzene rings is 1. The van der Waals surface area contributed by atoms with Crippen LogP contribution in [0.1, 0.15) is 13.3 Å². The van der Waals surface area contributed by atoms with Gasteiger partial charge in [0.25, 0.3) is 0 Å². The molecule has 0 unspecified atom stereocenters. The molecule has 0 aliphatic rings. The number of nitrogens with one attached hydrogen (secondary N) is 1. The number of ether oxygens (including phenoxy) is 2. The summed E-state index contributed by atoms with van der Waals surface area (Å²) < 4.78 is 10.4. The van der Waals surface area contributed by atoms with E-state index in [2.05, 4.69) is 12.2 Å². The summed E-state index contributed by atoms with van der Waals surface area (Å²) in [7, 11) is 1.67. The summed E-state index contributed by atoms with van der Waals surface area (Å²) in [5.74, 6) is 0.878. The van der Waals surface area contributed by atoms with Gasteiger partial charge in [-0.15, -0.1) is 0 Å². The molecule has 15 heavy (non-hydrogen) atoms. The molecular weight excluding hydrogens is 190 g/mol. The maximum absolute atomic E-state index is 5.36. The predicted octanol–water partition coefficient (Wildman–Crippen LogP) is 2.53. The molecule has 1 rings (SSSR count). The van der Waals surface area contributed by atoms with Gasteiger partial charge in [-0.1, -0.05) is 6.92 Å². The zero-order chi connectivity index (χ0) is 10.9. The van der Waals surface area contributed by atoms with Crippen molar-refractivity contribution in [2.45, 2.75) is 13.3 Å². The van der Waals surface area contributed by atoms with Gasteiger partial charge >= 0.3 is 0 Å². The highest BCUT2D eigenvalue weighted by atomic mass is 16.5. The van der Waals surface area contributed by atoms with Crippen molar-refractivity contribution in [2.24, 2.45) is 0 Å². The molecule has 0 aliphatic heterocycles. The standard InChI is InChI=1S/C12H19NO2/c1-3-9-15-10-8-13-11-4-6-12(14-2)7-5-11/h4-7,13H,3,8-10H2,1-2H3. The molecule has 0 spiro atoms. The van der Waals surface area contributed by atoms with E-state index in [9.17, 15) is 0 Å². The molecule has 3 heteroatoms. The van der Waals surface area contributed by atoms with Crippen LogP contribution in [0.3, 0.4) is 0 Å². The third-order valence-corrected chi connectivity index (χ3v) is 2.01. The van der Waals surface area contributed by atoms with Gasteiger partial charge in [-0.05, 0) is 30.7 Å². The van der Waals surface area contributed by atoms with Gasteiger partial charge in [-0.3, -0.25) is 0 Å². The summed E-state index contributed by atoms with van der Waals surface area (Å²) in [5, 5.41) is 3.27. The Hall–Kier alpha value is -1.22. The Balaban J connectivity index is 2.20. The van der Waals surface area contributed by atoms with Gasteiger partial charge in [0.2, 0.25) is 0 Å². The van der Waals surface area contributed by atoms with E-state index in [-0.39, 0.29) is 0 Å². The Bertz CT molecular complexity index is 259. The van der Waals surface area contributed by atoms with E-state index in [1.54, 1.807) is 7.11 Å². The number of hydrogen-bond acceptors (Lipinski definition) is 3. The van der Waals surface area contributed by atoms with Gasteiger partial charge in [-0.2, -0.15) is 0 Å². The predicted molar refractivity (Wildman–Crippen MR) is 62.6 cm³/mol. The average Bonchev–Trinajstić information content (AvgIpc) is 2.30. The lowest BCUT2D eigenvalue weighted by Gasteiger charge is -2.07. The van der Waals surface area contributed by atoms with Gasteiger partial charge in [0.05, 0.1) is 13.7 Å². The first-order valence-electron chi connectivity index (χ1n) is 5.32. The maximum Gasteiger partial charge on any atom is 0.119 e. The molecule has 1 N–H and O–H groups in total. The fraction of sp³-hybridized carbons (Fsp3) is 0.500. The van der Waals surface area contributed by atoms with Gasteiger partial charge < -0.3 is 14.8 Å². The highest BCUT2D eigenvalue weighted by Gasteiger charge is 1.93. The molecule has 0 aromatic heterocycles. The van der Waals surface area contributed by atoms with Gasteiger partial charge in [-0.25, -0.2) is 0 Å². The summed E-state index contributed by atoms with van der Waals surface area (Å²) in [6.07, 6.45) is 1.07. The molecule has 0 fully saturated rings. The second-order valence-corrected chi connectivity index (χ2v) is 3.27. The van der Waals surface area contributed by atoms with Crippen molar-refractivity contribution in [3.63, 3.8) is 0 Å². The Kier molecular flexibility index (Phi) is 5.63. The van der Waals surface area contributed by atoms with E-state index in [4.69, 9.17) is 9.47 Å². The Morgan fingerprint density at radius 2 is 1.87 bits per heavy atom. The SMILES string of the molecule is CCCOCCNc1ccc(OC)cc1. The number of anilines is 1. The lowest BCUT2D eigenvalue weighted by Crippen LogP contribution is -2.09. The minimum atomic E-state index is 0.750. The van der Waals surface area contributed by atoms with Crippen LogP contribution in [-0.2, 0) is 4.74 Å². The van der Waals surface area contributed by atoms with Crippen molar-refractivity contribution in [2.75, 3.05) is 32.2 Å². The first kappa shape index (κ1) is 11.9. The smallest absolute Gasteiger partial charge is 0.119 e. The minimum absolute atomic E-state index is 0.750. The molecule has 0 aliphatic carbocycles. The average molecular weight is 209 g/mol.